The van der Waals surface area contributed by atoms with Crippen molar-refractivity contribution in [2.45, 2.75) is 45.7 Å². The number of ketones is 1. The standard InChI is InChI=1S/C17H23N3O/c1-12-15(13(2)21)11-19-20(12)17(3,4)10-16(18)14-8-6-5-7-9-14/h5-9,11,16H,10,18H2,1-4H3/t16-/m1/s1. The fourth-order valence-corrected chi connectivity index (χ4v) is 2.81. The predicted molar refractivity (Wildman–Crippen MR) is 84.3 cm³/mol. The number of rotatable bonds is 5. The summed E-state index contributed by atoms with van der Waals surface area (Å²) in [4.78, 5) is 11.6. The maximum Gasteiger partial charge on any atom is 0.163 e. The van der Waals surface area contributed by atoms with Crippen molar-refractivity contribution in [3.05, 3.63) is 53.3 Å². The van der Waals surface area contributed by atoms with Gasteiger partial charge in [-0.25, -0.2) is 0 Å². The second-order valence-electron chi connectivity index (χ2n) is 6.15. The van der Waals surface area contributed by atoms with E-state index in [0.717, 1.165) is 17.7 Å². The van der Waals surface area contributed by atoms with Crippen molar-refractivity contribution in [2.24, 2.45) is 5.73 Å². The highest BCUT2D eigenvalue weighted by Crippen LogP contribution is 2.29. The highest BCUT2D eigenvalue weighted by Gasteiger charge is 2.27. The minimum Gasteiger partial charge on any atom is -0.324 e. The molecule has 1 atom stereocenters. The van der Waals surface area contributed by atoms with Crippen LogP contribution in [-0.2, 0) is 5.54 Å². The highest BCUT2D eigenvalue weighted by molar-refractivity contribution is 5.94. The van der Waals surface area contributed by atoms with Gasteiger partial charge in [0.15, 0.2) is 5.78 Å². The normalized spacial score (nSPS) is 13.2. The van der Waals surface area contributed by atoms with Crippen molar-refractivity contribution in [1.29, 1.82) is 0 Å². The second-order valence-corrected chi connectivity index (χ2v) is 6.15. The molecule has 4 nitrogen and oxygen atoms in total. The minimum atomic E-state index is -0.257. The molecule has 0 saturated carbocycles. The Labute approximate surface area is 126 Å². The molecule has 2 N–H and O–H groups in total. The Bertz CT molecular complexity index is 629. The first kappa shape index (κ1) is 15.4. The average Bonchev–Trinajstić information content (AvgIpc) is 2.82. The van der Waals surface area contributed by atoms with E-state index in [1.807, 2.05) is 41.9 Å². The summed E-state index contributed by atoms with van der Waals surface area (Å²) in [5.74, 6) is 0.0434. The van der Waals surface area contributed by atoms with Gasteiger partial charge in [-0.1, -0.05) is 30.3 Å². The number of Topliss-reactive ketones (excluding diaryl/α,β-unsaturated/α-hetero) is 1. The van der Waals surface area contributed by atoms with E-state index in [2.05, 4.69) is 18.9 Å². The molecular weight excluding hydrogens is 262 g/mol. The summed E-state index contributed by atoms with van der Waals surface area (Å²) < 4.78 is 1.91. The molecule has 0 aliphatic carbocycles. The molecule has 0 bridgehead atoms. The number of nitrogens with zero attached hydrogens (tertiary/aromatic N) is 2. The Morgan fingerprint density at radius 2 is 1.95 bits per heavy atom. The van der Waals surface area contributed by atoms with Crippen LogP contribution in [0.2, 0.25) is 0 Å². The van der Waals surface area contributed by atoms with Crippen LogP contribution < -0.4 is 5.73 Å². The van der Waals surface area contributed by atoms with E-state index in [0.29, 0.717) is 5.56 Å². The smallest absolute Gasteiger partial charge is 0.163 e. The summed E-state index contributed by atoms with van der Waals surface area (Å²) in [5.41, 5.74) is 8.76. The molecule has 21 heavy (non-hydrogen) atoms. The van der Waals surface area contributed by atoms with Crippen molar-refractivity contribution in [2.75, 3.05) is 0 Å². The van der Waals surface area contributed by atoms with Crippen molar-refractivity contribution < 1.29 is 4.79 Å². The first-order valence-electron chi connectivity index (χ1n) is 7.19. The lowest BCUT2D eigenvalue weighted by molar-refractivity contribution is 0.101. The third kappa shape index (κ3) is 3.22. The molecular formula is C17H23N3O. The first-order valence-corrected chi connectivity index (χ1v) is 7.19. The lowest BCUT2D eigenvalue weighted by atomic mass is 9.91. The van der Waals surface area contributed by atoms with Crippen molar-refractivity contribution in [3.63, 3.8) is 0 Å². The summed E-state index contributed by atoms with van der Waals surface area (Å²) in [7, 11) is 0. The number of carbonyl (C=O) groups is 1. The molecule has 4 heteroatoms. The van der Waals surface area contributed by atoms with E-state index < -0.39 is 0 Å². The van der Waals surface area contributed by atoms with Gasteiger partial charge in [-0.15, -0.1) is 0 Å². The van der Waals surface area contributed by atoms with Gasteiger partial charge in [0.1, 0.15) is 0 Å². The molecule has 0 amide bonds. The van der Waals surface area contributed by atoms with Gasteiger partial charge in [0, 0.05) is 11.7 Å². The van der Waals surface area contributed by atoms with E-state index >= 15 is 0 Å². The number of hydrogen-bond donors (Lipinski definition) is 1. The summed E-state index contributed by atoms with van der Waals surface area (Å²) in [5, 5.41) is 4.40. The molecule has 2 rings (SSSR count). The van der Waals surface area contributed by atoms with Crippen LogP contribution in [0.15, 0.2) is 36.5 Å². The number of hydrogen-bond acceptors (Lipinski definition) is 3. The molecule has 0 saturated heterocycles. The van der Waals surface area contributed by atoms with Crippen LogP contribution in [0.25, 0.3) is 0 Å². The van der Waals surface area contributed by atoms with Gasteiger partial charge >= 0.3 is 0 Å². The fourth-order valence-electron chi connectivity index (χ4n) is 2.81. The zero-order chi connectivity index (χ0) is 15.6. The second kappa shape index (κ2) is 5.82. The van der Waals surface area contributed by atoms with Gasteiger partial charge in [-0.2, -0.15) is 5.10 Å². The Balaban J connectivity index is 2.24. The van der Waals surface area contributed by atoms with Crippen LogP contribution in [0, 0.1) is 6.92 Å². The van der Waals surface area contributed by atoms with Gasteiger partial charge in [0.25, 0.3) is 0 Å². The van der Waals surface area contributed by atoms with Crippen molar-refractivity contribution in [1.82, 2.24) is 9.78 Å². The zero-order valence-corrected chi connectivity index (χ0v) is 13.1. The fraction of sp³-hybridized carbons (Fsp3) is 0.412. The van der Waals surface area contributed by atoms with E-state index in [4.69, 9.17) is 5.73 Å². The number of benzene rings is 1. The van der Waals surface area contributed by atoms with E-state index in [-0.39, 0.29) is 17.4 Å². The summed E-state index contributed by atoms with van der Waals surface area (Å²) >= 11 is 0. The summed E-state index contributed by atoms with van der Waals surface area (Å²) in [6.07, 6.45) is 2.39. The van der Waals surface area contributed by atoms with Gasteiger partial charge in [0.2, 0.25) is 0 Å². The Morgan fingerprint density at radius 1 is 1.33 bits per heavy atom. The van der Waals surface area contributed by atoms with Crippen LogP contribution in [-0.4, -0.2) is 15.6 Å². The molecule has 0 aliphatic heterocycles. The molecule has 0 unspecified atom stereocenters. The maximum atomic E-state index is 11.6. The van der Waals surface area contributed by atoms with Gasteiger partial charge < -0.3 is 5.73 Å². The summed E-state index contributed by atoms with van der Waals surface area (Å²) in [6, 6.07) is 9.99. The quantitative estimate of drug-likeness (QED) is 0.858. The monoisotopic (exact) mass is 285 g/mol. The van der Waals surface area contributed by atoms with Crippen LogP contribution in [0.5, 0.6) is 0 Å². The average molecular weight is 285 g/mol. The van der Waals surface area contributed by atoms with Crippen molar-refractivity contribution >= 4 is 5.78 Å². The van der Waals surface area contributed by atoms with Crippen LogP contribution in [0.4, 0.5) is 0 Å². The van der Waals surface area contributed by atoms with Crippen LogP contribution >= 0.6 is 0 Å². The molecule has 0 spiro atoms. The summed E-state index contributed by atoms with van der Waals surface area (Å²) in [6.45, 7) is 7.69. The number of carbonyl (C=O) groups excluding carboxylic acids is 1. The van der Waals surface area contributed by atoms with Gasteiger partial charge in [0.05, 0.1) is 17.3 Å². The van der Waals surface area contributed by atoms with E-state index in [1.54, 1.807) is 13.1 Å². The molecule has 0 aliphatic rings. The molecule has 1 aromatic carbocycles. The highest BCUT2D eigenvalue weighted by atomic mass is 16.1. The van der Waals surface area contributed by atoms with Crippen LogP contribution in [0.3, 0.4) is 0 Å². The largest absolute Gasteiger partial charge is 0.324 e. The molecule has 1 heterocycles. The topological polar surface area (TPSA) is 60.9 Å². The Morgan fingerprint density at radius 3 is 2.48 bits per heavy atom. The van der Waals surface area contributed by atoms with E-state index in [1.165, 1.54) is 0 Å². The molecule has 112 valence electrons. The number of aromatic nitrogens is 2. The lowest BCUT2D eigenvalue weighted by Gasteiger charge is -2.30. The molecule has 1 aromatic heterocycles. The Kier molecular flexibility index (Phi) is 4.28. The van der Waals surface area contributed by atoms with Gasteiger partial charge in [-0.05, 0) is 39.7 Å². The van der Waals surface area contributed by atoms with Crippen molar-refractivity contribution in [3.8, 4) is 0 Å². The van der Waals surface area contributed by atoms with E-state index in [9.17, 15) is 4.79 Å². The molecule has 2 aromatic rings. The van der Waals surface area contributed by atoms with Gasteiger partial charge in [-0.3, -0.25) is 9.48 Å². The number of nitrogens with two attached hydrogens (primary N) is 1. The predicted octanol–water partition coefficient (Wildman–Crippen LogP) is 3.22. The molecule has 0 radical (unpaired) electrons. The first-order chi connectivity index (χ1) is 9.83. The Hall–Kier alpha value is -1.94. The third-order valence-corrected chi connectivity index (χ3v) is 3.91. The third-order valence-electron chi connectivity index (χ3n) is 3.91. The molecule has 0 fully saturated rings. The zero-order valence-electron chi connectivity index (χ0n) is 13.1. The lowest BCUT2D eigenvalue weighted by Crippen LogP contribution is -2.33. The SMILES string of the molecule is CC(=O)c1cnn(C(C)(C)C[C@@H](N)c2ccccc2)c1C. The maximum absolute atomic E-state index is 11.6. The van der Waals surface area contributed by atoms with Crippen LogP contribution in [0.1, 0.15) is 54.8 Å². The minimum absolute atomic E-state index is 0.0434.